The van der Waals surface area contributed by atoms with E-state index in [1.54, 1.807) is 6.07 Å². The van der Waals surface area contributed by atoms with Crippen LogP contribution in [0.4, 0.5) is 0 Å². The third-order valence-corrected chi connectivity index (χ3v) is 3.56. The molecule has 0 aliphatic rings. The number of rotatable bonds is 2. The normalized spacial score (nSPS) is 11.8. The van der Waals surface area contributed by atoms with E-state index in [0.29, 0.717) is 16.6 Å². The summed E-state index contributed by atoms with van der Waals surface area (Å²) in [5.41, 5.74) is 3.99. The number of fused-ring (bicyclic) bond motifs is 1. The molecule has 0 unspecified atom stereocenters. The third kappa shape index (κ3) is 2.63. The summed E-state index contributed by atoms with van der Waals surface area (Å²) in [5, 5.41) is 10.3. The molecular weight excluding hydrogens is 276 g/mol. The second-order valence-electron chi connectivity index (χ2n) is 5.32. The van der Waals surface area contributed by atoms with Crippen molar-refractivity contribution in [3.63, 3.8) is 0 Å². The Bertz CT molecular complexity index is 939. The Morgan fingerprint density at radius 1 is 1.18 bits per heavy atom. The number of para-hydroxylation sites is 2. The second-order valence-corrected chi connectivity index (χ2v) is 5.32. The van der Waals surface area contributed by atoms with Crippen LogP contribution in [0.15, 0.2) is 47.3 Å². The van der Waals surface area contributed by atoms with Crippen molar-refractivity contribution in [1.82, 2.24) is 9.97 Å². The van der Waals surface area contributed by atoms with Crippen molar-refractivity contribution in [3.8, 4) is 0 Å². The summed E-state index contributed by atoms with van der Waals surface area (Å²) in [4.78, 5) is 19.1. The molecule has 0 amide bonds. The first kappa shape index (κ1) is 14.1. The largest absolute Gasteiger partial charge is 0.507 e. The van der Waals surface area contributed by atoms with Gasteiger partial charge >= 0.3 is 0 Å². The molecule has 0 saturated heterocycles. The van der Waals surface area contributed by atoms with Crippen LogP contribution in [0.2, 0.25) is 0 Å². The maximum Gasteiger partial charge on any atom is 0.274 e. The Morgan fingerprint density at radius 3 is 2.73 bits per heavy atom. The van der Waals surface area contributed by atoms with E-state index in [9.17, 15) is 9.90 Å². The number of aliphatic hydroxyl groups is 1. The minimum Gasteiger partial charge on any atom is -0.507 e. The van der Waals surface area contributed by atoms with Gasteiger partial charge in [-0.25, -0.2) is 4.98 Å². The van der Waals surface area contributed by atoms with Gasteiger partial charge in [0, 0.05) is 11.6 Å². The average Bonchev–Trinajstić information content (AvgIpc) is 2.47. The van der Waals surface area contributed by atoms with E-state index in [2.05, 4.69) is 9.97 Å². The Balaban J connectivity index is 2.11. The average molecular weight is 292 g/mol. The van der Waals surface area contributed by atoms with Crippen molar-refractivity contribution in [2.75, 3.05) is 0 Å². The molecule has 3 rings (SSSR count). The molecule has 0 spiro atoms. The first-order valence-corrected chi connectivity index (χ1v) is 7.02. The summed E-state index contributed by atoms with van der Waals surface area (Å²) in [7, 11) is 0. The quantitative estimate of drug-likeness (QED) is 0.709. The van der Waals surface area contributed by atoms with Crippen molar-refractivity contribution >= 4 is 22.9 Å². The second kappa shape index (κ2) is 5.48. The molecule has 3 aromatic rings. The lowest BCUT2D eigenvalue weighted by Crippen LogP contribution is -2.12. The van der Waals surface area contributed by atoms with Gasteiger partial charge in [-0.1, -0.05) is 35.9 Å². The Hall–Kier alpha value is -2.88. The Morgan fingerprint density at radius 2 is 1.95 bits per heavy atom. The highest BCUT2D eigenvalue weighted by Gasteiger charge is 2.07. The van der Waals surface area contributed by atoms with E-state index in [-0.39, 0.29) is 17.0 Å². The fourth-order valence-corrected chi connectivity index (χ4v) is 2.45. The molecule has 0 aliphatic carbocycles. The first-order valence-electron chi connectivity index (χ1n) is 7.02. The molecule has 0 radical (unpaired) electrons. The number of hydrogen-bond donors (Lipinski definition) is 2. The number of aromatic nitrogens is 2. The van der Waals surface area contributed by atoms with Crippen LogP contribution in [0, 0.1) is 13.8 Å². The van der Waals surface area contributed by atoms with Gasteiger partial charge in [0.15, 0.2) is 0 Å². The number of aryl methyl sites for hydroxylation is 2. The minimum absolute atomic E-state index is 0.0331. The zero-order valence-corrected chi connectivity index (χ0v) is 12.4. The first-order chi connectivity index (χ1) is 10.5. The lowest BCUT2D eigenvalue weighted by molar-refractivity contribution is 0.514. The van der Waals surface area contributed by atoms with Crippen molar-refractivity contribution in [3.05, 3.63) is 75.2 Å². The van der Waals surface area contributed by atoms with E-state index >= 15 is 0 Å². The zero-order valence-electron chi connectivity index (χ0n) is 12.4. The molecule has 110 valence electrons. The molecule has 2 N–H and O–H groups in total. The maximum absolute atomic E-state index is 12.1. The van der Waals surface area contributed by atoms with Crippen molar-refractivity contribution < 1.29 is 5.11 Å². The highest BCUT2D eigenvalue weighted by molar-refractivity contribution is 5.79. The number of benzene rings is 2. The fourth-order valence-electron chi connectivity index (χ4n) is 2.45. The summed E-state index contributed by atoms with van der Waals surface area (Å²) in [6.45, 7) is 3.91. The van der Waals surface area contributed by atoms with Gasteiger partial charge in [-0.3, -0.25) is 4.79 Å². The molecule has 0 atom stereocenters. The zero-order chi connectivity index (χ0) is 15.7. The molecule has 2 aromatic carbocycles. The van der Waals surface area contributed by atoms with Crippen LogP contribution in [0.1, 0.15) is 22.4 Å². The van der Waals surface area contributed by atoms with Crippen LogP contribution in [-0.4, -0.2) is 15.1 Å². The number of nitrogens with zero attached hydrogens (tertiary/aromatic N) is 1. The predicted molar refractivity (Wildman–Crippen MR) is 88.8 cm³/mol. The van der Waals surface area contributed by atoms with Crippen LogP contribution in [0.5, 0.6) is 0 Å². The van der Waals surface area contributed by atoms with Crippen LogP contribution in [0.25, 0.3) is 22.9 Å². The number of nitrogens with one attached hydrogen (secondary N) is 1. The lowest BCUT2D eigenvalue weighted by atomic mass is 10.0. The highest BCUT2D eigenvalue weighted by atomic mass is 16.3. The summed E-state index contributed by atoms with van der Waals surface area (Å²) in [5.74, 6) is 0.0331. The molecule has 0 aliphatic heterocycles. The van der Waals surface area contributed by atoms with Crippen molar-refractivity contribution in [1.29, 1.82) is 0 Å². The smallest absolute Gasteiger partial charge is 0.274 e. The van der Waals surface area contributed by atoms with E-state index in [1.165, 1.54) is 6.08 Å². The molecule has 4 nitrogen and oxygen atoms in total. The van der Waals surface area contributed by atoms with E-state index in [1.807, 2.05) is 50.2 Å². The SMILES string of the molecule is Cc1ccc(C(O)=Cc2nc3ccccc3[nH]c2=O)c(C)c1. The predicted octanol–water partition coefficient (Wildman–Crippen LogP) is 3.60. The van der Waals surface area contributed by atoms with Gasteiger partial charge in [-0.15, -0.1) is 0 Å². The Kier molecular flexibility index (Phi) is 3.51. The van der Waals surface area contributed by atoms with Gasteiger partial charge in [0.25, 0.3) is 5.56 Å². The highest BCUT2D eigenvalue weighted by Crippen LogP contribution is 2.19. The van der Waals surface area contributed by atoms with Crippen LogP contribution in [-0.2, 0) is 0 Å². The van der Waals surface area contributed by atoms with Crippen molar-refractivity contribution in [2.45, 2.75) is 13.8 Å². The summed E-state index contributed by atoms with van der Waals surface area (Å²) >= 11 is 0. The summed E-state index contributed by atoms with van der Waals surface area (Å²) in [6.07, 6.45) is 1.41. The topological polar surface area (TPSA) is 66.0 Å². The van der Waals surface area contributed by atoms with E-state index in [0.717, 1.165) is 11.1 Å². The van der Waals surface area contributed by atoms with Crippen molar-refractivity contribution in [2.24, 2.45) is 0 Å². The van der Waals surface area contributed by atoms with Crippen LogP contribution < -0.4 is 5.56 Å². The van der Waals surface area contributed by atoms with E-state index in [4.69, 9.17) is 0 Å². The van der Waals surface area contributed by atoms with Crippen LogP contribution >= 0.6 is 0 Å². The van der Waals surface area contributed by atoms with Crippen LogP contribution in [0.3, 0.4) is 0 Å². The summed E-state index contributed by atoms with van der Waals surface area (Å²) in [6, 6.07) is 13.0. The maximum atomic E-state index is 12.1. The Labute approximate surface area is 127 Å². The fraction of sp³-hybridized carbons (Fsp3) is 0.111. The van der Waals surface area contributed by atoms with Gasteiger partial charge < -0.3 is 10.1 Å². The molecule has 4 heteroatoms. The molecule has 22 heavy (non-hydrogen) atoms. The molecule has 1 heterocycles. The monoisotopic (exact) mass is 292 g/mol. The van der Waals surface area contributed by atoms with Gasteiger partial charge in [-0.05, 0) is 31.5 Å². The van der Waals surface area contributed by atoms with Gasteiger partial charge in [0.05, 0.1) is 11.0 Å². The van der Waals surface area contributed by atoms with Gasteiger partial charge in [-0.2, -0.15) is 0 Å². The number of aliphatic hydroxyl groups excluding tert-OH is 1. The molecule has 0 fully saturated rings. The van der Waals surface area contributed by atoms with Gasteiger partial charge in [0.1, 0.15) is 11.5 Å². The third-order valence-electron chi connectivity index (χ3n) is 3.56. The molecule has 0 saturated carbocycles. The number of aromatic amines is 1. The molecule has 1 aromatic heterocycles. The minimum atomic E-state index is -0.324. The molecule has 0 bridgehead atoms. The standard InChI is InChI=1S/C18H16N2O2/c1-11-7-8-13(12(2)9-11)17(21)10-16-18(22)20-15-6-4-3-5-14(15)19-16/h3-10,21H,1-2H3,(H,20,22). The van der Waals surface area contributed by atoms with E-state index < -0.39 is 0 Å². The van der Waals surface area contributed by atoms with Gasteiger partial charge in [0.2, 0.25) is 0 Å². The molecular formula is C18H16N2O2. The summed E-state index contributed by atoms with van der Waals surface area (Å²) < 4.78 is 0. The number of H-pyrrole nitrogens is 1. The lowest BCUT2D eigenvalue weighted by Gasteiger charge is -2.06. The number of hydrogen-bond acceptors (Lipinski definition) is 3.